The molecule has 0 aliphatic carbocycles. The molecule has 1 N–H and O–H groups in total. The predicted molar refractivity (Wildman–Crippen MR) is 141 cm³/mol. The van der Waals surface area contributed by atoms with Crippen molar-refractivity contribution in [2.24, 2.45) is 0 Å². The molecule has 4 aromatic rings. The summed E-state index contributed by atoms with van der Waals surface area (Å²) in [5.74, 6) is 0.364. The molecule has 0 radical (unpaired) electrons. The Balaban J connectivity index is 1.54. The molecule has 0 aliphatic heterocycles. The number of methoxy groups -OCH3 is 1. The quantitative estimate of drug-likeness (QED) is 0.148. The van der Waals surface area contributed by atoms with Crippen molar-refractivity contribution < 1.29 is 18.7 Å². The van der Waals surface area contributed by atoms with Crippen LogP contribution in [0, 0.1) is 6.92 Å². The van der Waals surface area contributed by atoms with Gasteiger partial charge < -0.3 is 14.5 Å². The number of aromatic nitrogens is 3. The number of hydrogen-bond donors (Lipinski definition) is 1. The molecule has 0 aliphatic rings. The topological polar surface area (TPSA) is 99.2 Å². The number of nitrogens with one attached hydrogen (secondary N) is 1. The second-order valence-electron chi connectivity index (χ2n) is 7.24. The van der Waals surface area contributed by atoms with E-state index in [4.69, 9.17) is 9.15 Å². The van der Waals surface area contributed by atoms with E-state index >= 15 is 0 Å². The summed E-state index contributed by atoms with van der Waals surface area (Å²) in [6, 6.07) is 13.1. The van der Waals surface area contributed by atoms with Crippen molar-refractivity contribution in [1.82, 2.24) is 14.8 Å². The van der Waals surface area contributed by atoms with E-state index < -0.39 is 5.97 Å². The van der Waals surface area contributed by atoms with Crippen LogP contribution < -0.4 is 5.32 Å². The standard InChI is InChI=1S/C24H21BrN4O4S2/c1-4-12-29-21(16-10-11-17(25)33-16)27-28-24(29)34-13-18(30)26-22-20(23(31)32-3)19(14(2)35-22)15-8-6-5-7-9-15/h4-11H,1,12-13H2,2-3H3,(H,26,30). The van der Waals surface area contributed by atoms with Crippen molar-refractivity contribution in [3.8, 4) is 22.7 Å². The Hall–Kier alpha value is -3.15. The highest BCUT2D eigenvalue weighted by molar-refractivity contribution is 9.10. The first-order chi connectivity index (χ1) is 16.9. The van der Waals surface area contributed by atoms with Crippen LogP contribution in [0.15, 0.2) is 69.4 Å². The molecule has 0 saturated carbocycles. The lowest BCUT2D eigenvalue weighted by molar-refractivity contribution is -0.113. The van der Waals surface area contributed by atoms with E-state index in [9.17, 15) is 9.59 Å². The Labute approximate surface area is 218 Å². The Bertz CT molecular complexity index is 1380. The van der Waals surface area contributed by atoms with Gasteiger partial charge in [-0.25, -0.2) is 4.79 Å². The van der Waals surface area contributed by atoms with Crippen LogP contribution in [0.25, 0.3) is 22.7 Å². The van der Waals surface area contributed by atoms with Crippen molar-refractivity contribution in [2.45, 2.75) is 18.6 Å². The number of amides is 1. The minimum atomic E-state index is -0.504. The molecule has 4 rings (SSSR count). The number of carbonyl (C=O) groups is 2. The number of thiophene rings is 1. The maximum atomic E-state index is 12.9. The highest BCUT2D eigenvalue weighted by Crippen LogP contribution is 2.40. The average Bonchev–Trinajstić information content (AvgIpc) is 3.55. The van der Waals surface area contributed by atoms with Gasteiger partial charge in [-0.3, -0.25) is 9.36 Å². The molecule has 1 amide bonds. The average molecular weight is 573 g/mol. The van der Waals surface area contributed by atoms with E-state index in [1.807, 2.05) is 41.8 Å². The number of anilines is 1. The van der Waals surface area contributed by atoms with Gasteiger partial charge in [-0.2, -0.15) is 0 Å². The molecule has 0 unspecified atom stereocenters. The minimum Gasteiger partial charge on any atom is -0.465 e. The molecule has 0 saturated heterocycles. The van der Waals surface area contributed by atoms with Crippen LogP contribution in [0.4, 0.5) is 5.00 Å². The van der Waals surface area contributed by atoms with Gasteiger partial charge in [-0.1, -0.05) is 48.2 Å². The maximum absolute atomic E-state index is 12.9. The fourth-order valence-corrected chi connectivity index (χ4v) is 5.62. The predicted octanol–water partition coefficient (Wildman–Crippen LogP) is 6.04. The zero-order valence-corrected chi connectivity index (χ0v) is 22.1. The fraction of sp³-hybridized carbons (Fsp3) is 0.167. The summed E-state index contributed by atoms with van der Waals surface area (Å²) >= 11 is 5.86. The minimum absolute atomic E-state index is 0.0648. The summed E-state index contributed by atoms with van der Waals surface area (Å²) in [5, 5.41) is 12.3. The lowest BCUT2D eigenvalue weighted by Crippen LogP contribution is -2.16. The van der Waals surface area contributed by atoms with E-state index in [2.05, 4.69) is 38.0 Å². The first-order valence-corrected chi connectivity index (χ1v) is 13.0. The SMILES string of the molecule is C=CCn1c(SCC(=O)Nc2sc(C)c(-c3ccccc3)c2C(=O)OC)nnc1-c1ccc(Br)o1. The van der Waals surface area contributed by atoms with Crippen LogP contribution in [0.3, 0.4) is 0 Å². The Morgan fingerprint density at radius 2 is 2.03 bits per heavy atom. The number of furan rings is 1. The van der Waals surface area contributed by atoms with Gasteiger partial charge in [0.05, 0.1) is 12.9 Å². The molecule has 11 heteroatoms. The van der Waals surface area contributed by atoms with Gasteiger partial charge in [0, 0.05) is 17.0 Å². The largest absolute Gasteiger partial charge is 0.465 e. The van der Waals surface area contributed by atoms with Gasteiger partial charge in [0.25, 0.3) is 0 Å². The molecular weight excluding hydrogens is 552 g/mol. The number of benzene rings is 1. The summed E-state index contributed by atoms with van der Waals surface area (Å²) in [7, 11) is 1.33. The van der Waals surface area contributed by atoms with Gasteiger partial charge in [0.2, 0.25) is 11.7 Å². The van der Waals surface area contributed by atoms with Gasteiger partial charge in [-0.05, 0) is 40.5 Å². The summed E-state index contributed by atoms with van der Waals surface area (Å²) < 4.78 is 13.0. The normalized spacial score (nSPS) is 10.8. The van der Waals surface area contributed by atoms with Gasteiger partial charge >= 0.3 is 5.97 Å². The highest BCUT2D eigenvalue weighted by Gasteiger charge is 2.25. The number of hydrogen-bond acceptors (Lipinski definition) is 8. The van der Waals surface area contributed by atoms with Crippen molar-refractivity contribution in [3.05, 3.63) is 70.2 Å². The molecule has 180 valence electrons. The third-order valence-corrected chi connectivity index (χ3v) is 7.36. The summed E-state index contributed by atoms with van der Waals surface area (Å²) in [4.78, 5) is 26.4. The Kier molecular flexibility index (Phi) is 7.89. The zero-order chi connectivity index (χ0) is 24.9. The summed E-state index contributed by atoms with van der Waals surface area (Å²) in [5.41, 5.74) is 1.98. The number of thioether (sulfide) groups is 1. The van der Waals surface area contributed by atoms with E-state index in [0.717, 1.165) is 16.0 Å². The maximum Gasteiger partial charge on any atom is 0.341 e. The fourth-order valence-electron chi connectivity index (χ4n) is 3.48. The van der Waals surface area contributed by atoms with Gasteiger partial charge in [0.1, 0.15) is 10.6 Å². The third-order valence-electron chi connectivity index (χ3n) is 4.94. The second-order valence-corrected chi connectivity index (χ2v) is 10.2. The number of allylic oxidation sites excluding steroid dienone is 1. The van der Waals surface area contributed by atoms with E-state index in [1.165, 1.54) is 30.2 Å². The smallest absolute Gasteiger partial charge is 0.341 e. The molecule has 3 heterocycles. The first kappa shape index (κ1) is 25.0. The number of ether oxygens (including phenoxy) is 1. The second kappa shape index (κ2) is 11.1. The lowest BCUT2D eigenvalue weighted by atomic mass is 10.0. The monoisotopic (exact) mass is 572 g/mol. The molecule has 0 spiro atoms. The van der Waals surface area contributed by atoms with Gasteiger partial charge in [-0.15, -0.1) is 28.1 Å². The zero-order valence-electron chi connectivity index (χ0n) is 18.9. The molecule has 3 aromatic heterocycles. The number of halogens is 1. The van der Waals surface area contributed by atoms with Crippen LogP contribution >= 0.6 is 39.0 Å². The van der Waals surface area contributed by atoms with Crippen molar-refractivity contribution in [1.29, 1.82) is 0 Å². The van der Waals surface area contributed by atoms with Crippen LogP contribution in [-0.4, -0.2) is 39.5 Å². The number of aryl methyl sites for hydroxylation is 1. The third kappa shape index (κ3) is 5.42. The number of rotatable bonds is 9. The Morgan fingerprint density at radius 3 is 2.69 bits per heavy atom. The van der Waals surface area contributed by atoms with Crippen LogP contribution in [0.5, 0.6) is 0 Å². The molecule has 0 fully saturated rings. The van der Waals surface area contributed by atoms with E-state index in [0.29, 0.717) is 38.5 Å². The van der Waals surface area contributed by atoms with Crippen molar-refractivity contribution in [3.63, 3.8) is 0 Å². The number of carbonyl (C=O) groups excluding carboxylic acids is 2. The van der Waals surface area contributed by atoms with Crippen molar-refractivity contribution >= 4 is 55.9 Å². The highest BCUT2D eigenvalue weighted by atomic mass is 79.9. The van der Waals surface area contributed by atoms with E-state index in [-0.39, 0.29) is 11.7 Å². The van der Waals surface area contributed by atoms with Crippen LogP contribution in [0.1, 0.15) is 15.2 Å². The van der Waals surface area contributed by atoms with E-state index in [1.54, 1.807) is 18.2 Å². The summed E-state index contributed by atoms with van der Waals surface area (Å²) in [6.07, 6.45) is 1.72. The molecule has 0 bridgehead atoms. The Morgan fingerprint density at radius 1 is 1.26 bits per heavy atom. The molecule has 0 atom stereocenters. The number of nitrogens with zero attached hydrogens (tertiary/aromatic N) is 3. The summed E-state index contributed by atoms with van der Waals surface area (Å²) in [6.45, 7) is 6.15. The molecule has 8 nitrogen and oxygen atoms in total. The van der Waals surface area contributed by atoms with Crippen molar-refractivity contribution in [2.75, 3.05) is 18.2 Å². The number of esters is 1. The van der Waals surface area contributed by atoms with Crippen LogP contribution in [0.2, 0.25) is 0 Å². The van der Waals surface area contributed by atoms with Gasteiger partial charge in [0.15, 0.2) is 15.6 Å². The lowest BCUT2D eigenvalue weighted by Gasteiger charge is -2.09. The first-order valence-electron chi connectivity index (χ1n) is 10.4. The van der Waals surface area contributed by atoms with Crippen LogP contribution in [-0.2, 0) is 16.1 Å². The molecule has 35 heavy (non-hydrogen) atoms. The molecular formula is C24H21BrN4O4S2. The molecule has 1 aromatic carbocycles.